The van der Waals surface area contributed by atoms with Gasteiger partial charge in [-0.05, 0) is 32.5 Å². The molecule has 1 atom stereocenters. The molecule has 1 N–H and O–H groups in total. The molecule has 0 aromatic carbocycles. The number of carboxylic acids is 1. The maximum Gasteiger partial charge on any atom is 0.313 e. The quantitative estimate of drug-likeness (QED) is 0.787. The van der Waals surface area contributed by atoms with E-state index in [4.69, 9.17) is 5.11 Å². The zero-order valence-corrected chi connectivity index (χ0v) is 13.8. The molecule has 1 unspecified atom stereocenters. The highest BCUT2D eigenvalue weighted by molar-refractivity contribution is 7.99. The summed E-state index contributed by atoms with van der Waals surface area (Å²) in [6.45, 7) is 2.92. The van der Waals surface area contributed by atoms with Crippen LogP contribution in [0.1, 0.15) is 13.0 Å². The van der Waals surface area contributed by atoms with Gasteiger partial charge in [0.2, 0.25) is 0 Å². The molecule has 2 aromatic rings. The maximum atomic E-state index is 10.8. The summed E-state index contributed by atoms with van der Waals surface area (Å²) >= 11 is 2.81. The summed E-state index contributed by atoms with van der Waals surface area (Å²) in [7, 11) is 4.02. The molecule has 2 rings (SSSR count). The number of rotatable bonds is 7. The van der Waals surface area contributed by atoms with E-state index in [1.54, 1.807) is 11.3 Å². The molecule has 2 aromatic heterocycles. The van der Waals surface area contributed by atoms with Crippen LogP contribution >= 0.6 is 23.1 Å². The predicted octanol–water partition coefficient (Wildman–Crippen LogP) is 2.31. The van der Waals surface area contributed by atoms with Crippen molar-refractivity contribution in [2.24, 2.45) is 0 Å². The average Bonchev–Trinajstić information content (AvgIpc) is 3.04. The van der Waals surface area contributed by atoms with E-state index in [9.17, 15) is 4.79 Å². The molecule has 6 nitrogen and oxygen atoms in total. The van der Waals surface area contributed by atoms with Gasteiger partial charge >= 0.3 is 5.97 Å². The second-order valence-electron chi connectivity index (χ2n) is 4.95. The third-order valence-corrected chi connectivity index (χ3v) is 4.59. The van der Waals surface area contributed by atoms with Gasteiger partial charge < -0.3 is 10.0 Å². The molecule has 0 amide bonds. The van der Waals surface area contributed by atoms with E-state index in [0.29, 0.717) is 5.16 Å². The molecule has 114 valence electrons. The smallest absolute Gasteiger partial charge is 0.313 e. The lowest BCUT2D eigenvalue weighted by Gasteiger charge is -2.21. The Balaban J connectivity index is 2.35. The number of thioether (sulfide) groups is 1. The van der Waals surface area contributed by atoms with E-state index in [2.05, 4.69) is 22.0 Å². The zero-order chi connectivity index (χ0) is 15.4. The van der Waals surface area contributed by atoms with Crippen LogP contribution in [0.4, 0.5) is 0 Å². The lowest BCUT2D eigenvalue weighted by Crippen LogP contribution is -2.23. The summed E-state index contributed by atoms with van der Waals surface area (Å²) in [5.74, 6) is -0.0724. The van der Waals surface area contributed by atoms with E-state index in [0.717, 1.165) is 17.2 Å². The number of likely N-dealkylation sites (N-methyl/N-ethyl adjacent to an activating group) is 1. The van der Waals surface area contributed by atoms with Crippen molar-refractivity contribution in [3.8, 4) is 10.7 Å². The first-order chi connectivity index (χ1) is 9.99. The highest BCUT2D eigenvalue weighted by Gasteiger charge is 2.20. The van der Waals surface area contributed by atoms with Crippen molar-refractivity contribution in [1.29, 1.82) is 0 Å². The van der Waals surface area contributed by atoms with Gasteiger partial charge in [0.15, 0.2) is 11.0 Å². The Hall–Kier alpha value is -1.38. The Morgan fingerprint density at radius 1 is 1.52 bits per heavy atom. The first kappa shape index (κ1) is 16.0. The molecule has 8 heteroatoms. The lowest BCUT2D eigenvalue weighted by molar-refractivity contribution is -0.133. The normalized spacial score (nSPS) is 12.8. The fraction of sp³-hybridized carbons (Fsp3) is 0.462. The van der Waals surface area contributed by atoms with Crippen molar-refractivity contribution in [2.75, 3.05) is 26.4 Å². The Kier molecular flexibility index (Phi) is 5.38. The second-order valence-corrected chi connectivity index (χ2v) is 6.84. The fourth-order valence-corrected chi connectivity index (χ4v) is 3.55. The maximum absolute atomic E-state index is 10.8. The second kappa shape index (κ2) is 7.06. The van der Waals surface area contributed by atoms with Gasteiger partial charge in [0.05, 0.1) is 10.6 Å². The van der Waals surface area contributed by atoms with Crippen LogP contribution in [0.3, 0.4) is 0 Å². The summed E-state index contributed by atoms with van der Waals surface area (Å²) in [6, 6.07) is 4.13. The van der Waals surface area contributed by atoms with Crippen LogP contribution in [0.25, 0.3) is 10.7 Å². The molecule has 0 saturated carbocycles. The molecule has 21 heavy (non-hydrogen) atoms. The van der Waals surface area contributed by atoms with Gasteiger partial charge in [-0.2, -0.15) is 0 Å². The van der Waals surface area contributed by atoms with Crippen LogP contribution in [0.5, 0.6) is 0 Å². The third-order valence-electron chi connectivity index (χ3n) is 2.80. The van der Waals surface area contributed by atoms with Crippen molar-refractivity contribution in [1.82, 2.24) is 19.7 Å². The number of thiophene rings is 1. The first-order valence-electron chi connectivity index (χ1n) is 6.47. The van der Waals surface area contributed by atoms with Crippen LogP contribution in [-0.2, 0) is 4.79 Å². The fourth-order valence-electron chi connectivity index (χ4n) is 2.08. The number of hydrogen-bond donors (Lipinski definition) is 1. The first-order valence-corrected chi connectivity index (χ1v) is 8.33. The number of nitrogens with zero attached hydrogens (tertiary/aromatic N) is 4. The number of aliphatic carboxylic acids is 1. The number of hydrogen-bond acceptors (Lipinski definition) is 6. The summed E-state index contributed by atoms with van der Waals surface area (Å²) in [6.07, 6.45) is 0. The lowest BCUT2D eigenvalue weighted by atomic mass is 10.3. The molecule has 0 spiro atoms. The Bertz CT molecular complexity index is 595. The number of aromatic nitrogens is 3. The van der Waals surface area contributed by atoms with Gasteiger partial charge in [-0.3, -0.25) is 9.36 Å². The van der Waals surface area contributed by atoms with Gasteiger partial charge in [-0.25, -0.2) is 0 Å². The Morgan fingerprint density at radius 3 is 2.86 bits per heavy atom. The van der Waals surface area contributed by atoms with E-state index < -0.39 is 5.97 Å². The predicted molar refractivity (Wildman–Crippen MR) is 85.0 cm³/mol. The summed E-state index contributed by atoms with van der Waals surface area (Å²) in [4.78, 5) is 13.9. The number of carboxylic acid groups (broad SMARTS) is 1. The van der Waals surface area contributed by atoms with Gasteiger partial charge in [-0.1, -0.05) is 17.8 Å². The molecule has 0 aliphatic rings. The molecular formula is C13H18N4O2S2. The van der Waals surface area contributed by atoms with Crippen molar-refractivity contribution in [3.63, 3.8) is 0 Å². The molecule has 0 aliphatic carbocycles. The molecule has 2 heterocycles. The largest absolute Gasteiger partial charge is 0.481 e. The van der Waals surface area contributed by atoms with Crippen LogP contribution in [0.2, 0.25) is 0 Å². The number of carbonyl (C=O) groups is 1. The van der Waals surface area contributed by atoms with Crippen molar-refractivity contribution < 1.29 is 9.90 Å². The summed E-state index contributed by atoms with van der Waals surface area (Å²) in [5, 5.41) is 19.9. The standard InChI is InChI=1S/C13H18N4O2S2/c1-9(7-16(2)3)17-12(10-5-4-6-20-10)14-15-13(17)21-8-11(18)19/h4-6,9H,7-8H2,1-3H3,(H,18,19). The highest BCUT2D eigenvalue weighted by Crippen LogP contribution is 2.30. The Labute approximate surface area is 131 Å². The topological polar surface area (TPSA) is 71.2 Å². The minimum absolute atomic E-state index is 0.0166. The van der Waals surface area contributed by atoms with Crippen molar-refractivity contribution >= 4 is 29.1 Å². The van der Waals surface area contributed by atoms with Gasteiger partial charge in [0.25, 0.3) is 0 Å². The van der Waals surface area contributed by atoms with E-state index in [1.807, 2.05) is 36.2 Å². The van der Waals surface area contributed by atoms with Crippen molar-refractivity contribution in [2.45, 2.75) is 18.1 Å². The van der Waals surface area contributed by atoms with Crippen LogP contribution < -0.4 is 0 Å². The van der Waals surface area contributed by atoms with Crippen molar-refractivity contribution in [3.05, 3.63) is 17.5 Å². The average molecular weight is 326 g/mol. The minimum atomic E-state index is -0.854. The van der Waals surface area contributed by atoms with Gasteiger partial charge in [0.1, 0.15) is 0 Å². The molecule has 0 aliphatic heterocycles. The SMILES string of the molecule is CC(CN(C)C)n1c(SCC(=O)O)nnc1-c1cccs1. The van der Waals surface area contributed by atoms with Gasteiger partial charge in [0, 0.05) is 12.6 Å². The monoisotopic (exact) mass is 326 g/mol. The molecule has 0 fully saturated rings. The van der Waals surface area contributed by atoms with Crippen LogP contribution in [-0.4, -0.2) is 57.1 Å². The summed E-state index contributed by atoms with van der Waals surface area (Å²) < 4.78 is 2.03. The summed E-state index contributed by atoms with van der Waals surface area (Å²) in [5.41, 5.74) is 0. The van der Waals surface area contributed by atoms with E-state index in [-0.39, 0.29) is 11.8 Å². The highest BCUT2D eigenvalue weighted by atomic mass is 32.2. The van der Waals surface area contributed by atoms with E-state index in [1.165, 1.54) is 11.8 Å². The van der Waals surface area contributed by atoms with Crippen LogP contribution in [0.15, 0.2) is 22.7 Å². The third kappa shape index (κ3) is 4.05. The minimum Gasteiger partial charge on any atom is -0.481 e. The van der Waals surface area contributed by atoms with Crippen LogP contribution in [0, 0.1) is 0 Å². The Morgan fingerprint density at radius 2 is 2.29 bits per heavy atom. The van der Waals surface area contributed by atoms with E-state index >= 15 is 0 Å². The molecule has 0 saturated heterocycles. The van der Waals surface area contributed by atoms with Gasteiger partial charge in [-0.15, -0.1) is 21.5 Å². The molecule has 0 bridgehead atoms. The zero-order valence-electron chi connectivity index (χ0n) is 12.2. The molecular weight excluding hydrogens is 308 g/mol. The molecule has 0 radical (unpaired) electrons.